The fourth-order valence-corrected chi connectivity index (χ4v) is 2.63. The first-order chi connectivity index (χ1) is 13.4. The van der Waals surface area contributed by atoms with E-state index in [9.17, 15) is 4.79 Å². The molecule has 0 aliphatic rings. The molecule has 1 heterocycles. The third kappa shape index (κ3) is 6.88. The number of ether oxygens (including phenoxy) is 3. The molecule has 1 unspecified atom stereocenters. The minimum Gasteiger partial charge on any atom is -0.497 e. The summed E-state index contributed by atoms with van der Waals surface area (Å²) in [5, 5.41) is 9.92. The van der Waals surface area contributed by atoms with Gasteiger partial charge in [0, 0.05) is 24.4 Å². The molecular weight excluding hydrogens is 358 g/mol. The topological polar surface area (TPSA) is 85.5 Å². The summed E-state index contributed by atoms with van der Waals surface area (Å²) < 4.78 is 16.2. The zero-order valence-corrected chi connectivity index (χ0v) is 17.4. The maximum Gasteiger partial charge on any atom is 0.254 e. The Labute approximate surface area is 166 Å². The van der Waals surface area contributed by atoms with Crippen LogP contribution >= 0.6 is 0 Å². The number of nitrogens with zero attached hydrogens (tertiary/aromatic N) is 1. The molecule has 28 heavy (non-hydrogen) atoms. The van der Waals surface area contributed by atoms with Crippen molar-refractivity contribution in [1.29, 1.82) is 0 Å². The van der Waals surface area contributed by atoms with Crippen molar-refractivity contribution in [2.24, 2.45) is 5.92 Å². The number of hydrogen-bond donors (Lipinski definition) is 2. The maximum absolute atomic E-state index is 12.2. The van der Waals surface area contributed by atoms with Gasteiger partial charge in [-0.15, -0.1) is 0 Å². The zero-order chi connectivity index (χ0) is 20.5. The summed E-state index contributed by atoms with van der Waals surface area (Å²) in [6.45, 7) is 6.57. The van der Waals surface area contributed by atoms with Crippen LogP contribution in [0.15, 0.2) is 24.3 Å². The Kier molecular flexibility index (Phi) is 8.32. The van der Waals surface area contributed by atoms with Crippen molar-refractivity contribution in [2.75, 3.05) is 26.1 Å². The summed E-state index contributed by atoms with van der Waals surface area (Å²) in [5.74, 6) is 2.38. The molecule has 1 atom stereocenters. The fraction of sp³-hybridized carbons (Fsp3) is 0.524. The summed E-state index contributed by atoms with van der Waals surface area (Å²) in [6, 6.07) is 7.66. The van der Waals surface area contributed by atoms with Crippen LogP contribution in [-0.2, 0) is 22.4 Å². The first-order valence-electron chi connectivity index (χ1n) is 9.60. The Hall–Kier alpha value is -2.54. The summed E-state index contributed by atoms with van der Waals surface area (Å²) >= 11 is 0. The number of nitrogens with one attached hydrogen (secondary N) is 2. The third-order valence-electron chi connectivity index (χ3n) is 4.41. The van der Waals surface area contributed by atoms with E-state index >= 15 is 0 Å². The quantitative estimate of drug-likeness (QED) is 0.613. The van der Waals surface area contributed by atoms with Gasteiger partial charge in [-0.05, 0) is 49.8 Å². The molecule has 7 heteroatoms. The standard InChI is InChI=1S/C21H31N3O4/c1-14(2)8-9-28-15(3)21(25)22-20-12-17(23-24-20)7-6-16-10-18(26-4)13-19(11-16)27-5/h10-15H,6-9H2,1-5H3,(H2,22,23,24,25). The van der Waals surface area contributed by atoms with Gasteiger partial charge in [-0.25, -0.2) is 0 Å². The number of hydrogen-bond acceptors (Lipinski definition) is 5. The Balaban J connectivity index is 1.86. The molecule has 2 N–H and O–H groups in total. The molecule has 0 saturated carbocycles. The number of carbonyl (C=O) groups excluding carboxylic acids is 1. The van der Waals surface area contributed by atoms with Crippen molar-refractivity contribution in [3.05, 3.63) is 35.5 Å². The molecule has 154 valence electrons. The minimum atomic E-state index is -0.511. The Morgan fingerprint density at radius 2 is 1.75 bits per heavy atom. The van der Waals surface area contributed by atoms with E-state index < -0.39 is 6.10 Å². The number of benzene rings is 1. The molecular formula is C21H31N3O4. The average molecular weight is 389 g/mol. The van der Waals surface area contributed by atoms with Crippen molar-refractivity contribution in [3.8, 4) is 11.5 Å². The van der Waals surface area contributed by atoms with Crippen molar-refractivity contribution in [1.82, 2.24) is 10.2 Å². The smallest absolute Gasteiger partial charge is 0.254 e. The molecule has 1 aromatic heterocycles. The highest BCUT2D eigenvalue weighted by atomic mass is 16.5. The number of anilines is 1. The Morgan fingerprint density at radius 1 is 1.07 bits per heavy atom. The predicted molar refractivity (Wildman–Crippen MR) is 109 cm³/mol. The third-order valence-corrected chi connectivity index (χ3v) is 4.41. The lowest BCUT2D eigenvalue weighted by Gasteiger charge is -2.13. The van der Waals surface area contributed by atoms with Gasteiger partial charge >= 0.3 is 0 Å². The molecule has 0 fully saturated rings. The SMILES string of the molecule is COc1cc(CCc2cc(NC(=O)C(C)OCCC(C)C)n[nH]2)cc(OC)c1. The first-order valence-corrected chi connectivity index (χ1v) is 9.60. The summed E-state index contributed by atoms with van der Waals surface area (Å²) in [4.78, 5) is 12.2. The number of aromatic nitrogens is 2. The highest BCUT2D eigenvalue weighted by Crippen LogP contribution is 2.23. The Bertz CT molecular complexity index is 736. The largest absolute Gasteiger partial charge is 0.497 e. The maximum atomic E-state index is 12.2. The summed E-state index contributed by atoms with van der Waals surface area (Å²) in [7, 11) is 3.27. The highest BCUT2D eigenvalue weighted by Gasteiger charge is 2.15. The van der Waals surface area contributed by atoms with Gasteiger partial charge in [0.05, 0.1) is 14.2 Å². The van der Waals surface area contributed by atoms with Crippen LogP contribution in [0.4, 0.5) is 5.82 Å². The number of methoxy groups -OCH3 is 2. The normalized spacial score (nSPS) is 12.1. The Morgan fingerprint density at radius 3 is 2.36 bits per heavy atom. The van der Waals surface area contributed by atoms with Crippen molar-refractivity contribution < 1.29 is 19.0 Å². The van der Waals surface area contributed by atoms with E-state index in [0.717, 1.165) is 42.0 Å². The summed E-state index contributed by atoms with van der Waals surface area (Å²) in [5.41, 5.74) is 2.04. The second kappa shape index (κ2) is 10.7. The van der Waals surface area contributed by atoms with E-state index in [2.05, 4.69) is 29.4 Å². The minimum absolute atomic E-state index is 0.195. The molecule has 0 spiro atoms. The molecule has 0 aliphatic heterocycles. The van der Waals surface area contributed by atoms with Gasteiger partial charge in [0.15, 0.2) is 5.82 Å². The number of rotatable bonds is 11. The molecule has 7 nitrogen and oxygen atoms in total. The number of amides is 1. The fourth-order valence-electron chi connectivity index (χ4n) is 2.63. The molecule has 2 rings (SSSR count). The van der Waals surface area contributed by atoms with Gasteiger partial charge in [-0.1, -0.05) is 13.8 Å². The number of H-pyrrole nitrogens is 1. The molecule has 0 radical (unpaired) electrons. The average Bonchev–Trinajstić information content (AvgIpc) is 3.12. The molecule has 0 aliphatic carbocycles. The van der Waals surface area contributed by atoms with E-state index in [1.165, 1.54) is 0 Å². The van der Waals surface area contributed by atoms with Crippen molar-refractivity contribution in [2.45, 2.75) is 46.1 Å². The first kappa shape index (κ1) is 21.8. The molecule has 1 amide bonds. The number of aromatic amines is 1. The highest BCUT2D eigenvalue weighted by molar-refractivity contribution is 5.93. The van der Waals surface area contributed by atoms with Crippen LogP contribution in [0.1, 0.15) is 38.4 Å². The summed E-state index contributed by atoms with van der Waals surface area (Å²) in [6.07, 6.45) is 1.96. The van der Waals surface area contributed by atoms with Crippen LogP contribution in [-0.4, -0.2) is 43.0 Å². The lowest BCUT2D eigenvalue weighted by atomic mass is 10.1. The lowest BCUT2D eigenvalue weighted by Crippen LogP contribution is -2.28. The van der Waals surface area contributed by atoms with Crippen LogP contribution in [0.25, 0.3) is 0 Å². The molecule has 0 saturated heterocycles. The van der Waals surface area contributed by atoms with Gasteiger partial charge in [-0.3, -0.25) is 9.89 Å². The van der Waals surface area contributed by atoms with Crippen molar-refractivity contribution in [3.63, 3.8) is 0 Å². The lowest BCUT2D eigenvalue weighted by molar-refractivity contribution is -0.126. The van der Waals surface area contributed by atoms with Crippen LogP contribution in [0.2, 0.25) is 0 Å². The molecule has 1 aromatic carbocycles. The van der Waals surface area contributed by atoms with E-state index in [4.69, 9.17) is 14.2 Å². The van der Waals surface area contributed by atoms with Gasteiger partial charge in [-0.2, -0.15) is 5.10 Å². The van der Waals surface area contributed by atoms with E-state index in [0.29, 0.717) is 18.3 Å². The van der Waals surface area contributed by atoms with Crippen LogP contribution < -0.4 is 14.8 Å². The van der Waals surface area contributed by atoms with Crippen LogP contribution in [0.3, 0.4) is 0 Å². The number of carbonyl (C=O) groups is 1. The van der Waals surface area contributed by atoms with Gasteiger partial charge in [0.25, 0.3) is 5.91 Å². The second-order valence-corrected chi connectivity index (χ2v) is 7.18. The van der Waals surface area contributed by atoms with E-state index in [1.807, 2.05) is 24.3 Å². The number of aryl methyl sites for hydroxylation is 2. The zero-order valence-electron chi connectivity index (χ0n) is 17.4. The van der Waals surface area contributed by atoms with Gasteiger partial charge < -0.3 is 19.5 Å². The van der Waals surface area contributed by atoms with Crippen LogP contribution in [0, 0.1) is 5.92 Å². The van der Waals surface area contributed by atoms with E-state index in [1.54, 1.807) is 21.1 Å². The second-order valence-electron chi connectivity index (χ2n) is 7.18. The van der Waals surface area contributed by atoms with Gasteiger partial charge in [0.2, 0.25) is 0 Å². The molecule has 0 bridgehead atoms. The monoisotopic (exact) mass is 389 g/mol. The molecule has 2 aromatic rings. The van der Waals surface area contributed by atoms with Crippen LogP contribution in [0.5, 0.6) is 11.5 Å². The predicted octanol–water partition coefficient (Wildman–Crippen LogP) is 3.60. The van der Waals surface area contributed by atoms with E-state index in [-0.39, 0.29) is 5.91 Å². The van der Waals surface area contributed by atoms with Gasteiger partial charge in [0.1, 0.15) is 17.6 Å². The van der Waals surface area contributed by atoms with Crippen molar-refractivity contribution >= 4 is 11.7 Å².